The van der Waals surface area contributed by atoms with Crippen LogP contribution in [0.15, 0.2) is 0 Å². The van der Waals surface area contributed by atoms with Crippen molar-refractivity contribution < 1.29 is 25.5 Å². The van der Waals surface area contributed by atoms with E-state index in [4.69, 9.17) is 0 Å². The summed E-state index contributed by atoms with van der Waals surface area (Å²) in [5, 5.41) is 52.5. The number of hydrogen-bond donors (Lipinski definition) is 5. The molecule has 4 aliphatic rings. The van der Waals surface area contributed by atoms with Crippen LogP contribution in [0.3, 0.4) is 0 Å². The molecule has 10 atom stereocenters. The predicted octanol–water partition coefficient (Wildman–Crippen LogP) is 1.45. The minimum absolute atomic E-state index is 0.0548. The third-order valence-electron chi connectivity index (χ3n) is 9.51. The van der Waals surface area contributed by atoms with Crippen LogP contribution in [-0.4, -0.2) is 56.1 Å². The van der Waals surface area contributed by atoms with E-state index in [0.717, 1.165) is 38.5 Å². The van der Waals surface area contributed by atoms with E-state index in [-0.39, 0.29) is 23.4 Å². The molecule has 4 saturated carbocycles. The summed E-state index contributed by atoms with van der Waals surface area (Å²) < 4.78 is 0. The third kappa shape index (κ3) is 2.33. The predicted molar refractivity (Wildman–Crippen MR) is 97.2 cm³/mol. The smallest absolute Gasteiger partial charge is 0.106 e. The van der Waals surface area contributed by atoms with Gasteiger partial charge in [0.15, 0.2) is 0 Å². The second kappa shape index (κ2) is 6.15. The highest BCUT2D eigenvalue weighted by molar-refractivity contribution is 5.17. The van der Waals surface area contributed by atoms with E-state index >= 15 is 0 Å². The zero-order valence-electron chi connectivity index (χ0n) is 16.1. The average molecular weight is 369 g/mol. The van der Waals surface area contributed by atoms with Gasteiger partial charge in [-0.1, -0.05) is 13.8 Å². The summed E-state index contributed by atoms with van der Waals surface area (Å²) in [6, 6.07) is 0. The first kappa shape index (κ1) is 19.1. The van der Waals surface area contributed by atoms with Gasteiger partial charge in [0, 0.05) is 5.41 Å². The third-order valence-corrected chi connectivity index (χ3v) is 9.51. The van der Waals surface area contributed by atoms with E-state index in [1.54, 1.807) is 0 Å². The van der Waals surface area contributed by atoms with Gasteiger partial charge in [-0.05, 0) is 80.5 Å². The molecule has 4 fully saturated rings. The minimum atomic E-state index is -1.32. The molecule has 0 radical (unpaired) electrons. The Hall–Kier alpha value is -0.200. The van der Waals surface area contributed by atoms with Crippen LogP contribution in [0.4, 0.5) is 0 Å². The quantitative estimate of drug-likeness (QED) is 0.508. The van der Waals surface area contributed by atoms with Crippen molar-refractivity contribution in [2.24, 2.45) is 34.5 Å². The molecule has 0 aromatic rings. The van der Waals surface area contributed by atoms with Gasteiger partial charge in [0.2, 0.25) is 0 Å². The first-order valence-corrected chi connectivity index (χ1v) is 10.5. The van der Waals surface area contributed by atoms with Crippen molar-refractivity contribution in [3.05, 3.63) is 0 Å². The Kier molecular flexibility index (Phi) is 4.52. The second-order valence-corrected chi connectivity index (χ2v) is 10.4. The van der Waals surface area contributed by atoms with E-state index in [1.807, 2.05) is 6.92 Å². The molecule has 5 heteroatoms. The molecule has 26 heavy (non-hydrogen) atoms. The van der Waals surface area contributed by atoms with Gasteiger partial charge in [0.1, 0.15) is 6.10 Å². The van der Waals surface area contributed by atoms with Crippen molar-refractivity contribution in [2.75, 3.05) is 6.61 Å². The van der Waals surface area contributed by atoms with Crippen molar-refractivity contribution in [1.82, 2.24) is 0 Å². The lowest BCUT2D eigenvalue weighted by atomic mass is 9.43. The van der Waals surface area contributed by atoms with Gasteiger partial charge in [-0.15, -0.1) is 0 Å². The standard InChI is InChI=1S/C21H36O5/c1-19-7-5-13(23)9-12(19)3-4-14-15-6-8-21(26,17(25)11-22)20(15,2)10-16(24)18(14)19/h12-18,22-26H,3-11H2,1-2H3/t12-,13+,14+,15+,16-,17-,18-,19+,20+,21+/m1/s1. The highest BCUT2D eigenvalue weighted by Crippen LogP contribution is 2.68. The normalized spacial score (nSPS) is 57.8. The van der Waals surface area contributed by atoms with Crippen LogP contribution in [0.25, 0.3) is 0 Å². The van der Waals surface area contributed by atoms with E-state index < -0.39 is 29.8 Å². The van der Waals surface area contributed by atoms with Crippen molar-refractivity contribution in [3.8, 4) is 0 Å². The lowest BCUT2D eigenvalue weighted by Crippen LogP contribution is -2.64. The van der Waals surface area contributed by atoms with E-state index in [1.165, 1.54) is 0 Å². The van der Waals surface area contributed by atoms with Crippen molar-refractivity contribution in [3.63, 3.8) is 0 Å². The molecule has 150 valence electrons. The summed E-state index contributed by atoms with van der Waals surface area (Å²) in [6.07, 6.45) is 4.70. The summed E-state index contributed by atoms with van der Waals surface area (Å²) >= 11 is 0. The molecule has 0 aromatic heterocycles. The van der Waals surface area contributed by atoms with Crippen LogP contribution in [-0.2, 0) is 0 Å². The fraction of sp³-hybridized carbons (Fsp3) is 1.00. The maximum absolute atomic E-state index is 11.3. The number of fused-ring (bicyclic) bond motifs is 5. The average Bonchev–Trinajstić information content (AvgIpc) is 2.86. The molecule has 0 bridgehead atoms. The summed E-state index contributed by atoms with van der Waals surface area (Å²) in [6.45, 7) is 3.89. The zero-order chi connectivity index (χ0) is 18.9. The number of aliphatic hydroxyl groups excluding tert-OH is 4. The second-order valence-electron chi connectivity index (χ2n) is 10.4. The summed E-state index contributed by atoms with van der Waals surface area (Å²) in [4.78, 5) is 0. The largest absolute Gasteiger partial charge is 0.394 e. The van der Waals surface area contributed by atoms with Crippen LogP contribution < -0.4 is 0 Å². The summed E-state index contributed by atoms with van der Waals surface area (Å²) in [5.74, 6) is 1.29. The van der Waals surface area contributed by atoms with Crippen LogP contribution in [0.1, 0.15) is 65.2 Å². The Balaban J connectivity index is 1.68. The van der Waals surface area contributed by atoms with Crippen LogP contribution in [0.5, 0.6) is 0 Å². The Bertz CT molecular complexity index is 555. The van der Waals surface area contributed by atoms with Gasteiger partial charge in [-0.3, -0.25) is 0 Å². The Morgan fingerprint density at radius 1 is 1.04 bits per heavy atom. The number of aliphatic hydroxyl groups is 5. The summed E-state index contributed by atoms with van der Waals surface area (Å²) in [5.41, 5.74) is -1.83. The van der Waals surface area contributed by atoms with Crippen molar-refractivity contribution >= 4 is 0 Å². The number of hydrogen-bond acceptors (Lipinski definition) is 5. The van der Waals surface area contributed by atoms with Gasteiger partial charge in [0.25, 0.3) is 0 Å². The van der Waals surface area contributed by atoms with Gasteiger partial charge >= 0.3 is 0 Å². The Morgan fingerprint density at radius 3 is 2.46 bits per heavy atom. The Morgan fingerprint density at radius 2 is 1.77 bits per heavy atom. The van der Waals surface area contributed by atoms with Crippen molar-refractivity contribution in [1.29, 1.82) is 0 Å². The summed E-state index contributed by atoms with van der Waals surface area (Å²) in [7, 11) is 0. The fourth-order valence-corrected chi connectivity index (χ4v) is 8.10. The van der Waals surface area contributed by atoms with Gasteiger partial charge in [-0.2, -0.15) is 0 Å². The van der Waals surface area contributed by atoms with Crippen LogP contribution in [0.2, 0.25) is 0 Å². The lowest BCUT2D eigenvalue weighted by molar-refractivity contribution is -0.224. The molecule has 0 unspecified atom stereocenters. The van der Waals surface area contributed by atoms with Crippen LogP contribution >= 0.6 is 0 Å². The molecule has 0 aromatic carbocycles. The molecular weight excluding hydrogens is 332 g/mol. The molecule has 4 aliphatic carbocycles. The Labute approximate surface area is 156 Å². The number of rotatable bonds is 2. The van der Waals surface area contributed by atoms with E-state index in [2.05, 4.69) is 6.92 Å². The molecule has 4 rings (SSSR count). The first-order valence-electron chi connectivity index (χ1n) is 10.5. The molecule has 5 N–H and O–H groups in total. The van der Waals surface area contributed by atoms with E-state index in [0.29, 0.717) is 24.7 Å². The molecule has 0 saturated heterocycles. The monoisotopic (exact) mass is 368 g/mol. The molecule has 0 amide bonds. The van der Waals surface area contributed by atoms with Gasteiger partial charge in [-0.25, -0.2) is 0 Å². The van der Waals surface area contributed by atoms with Gasteiger partial charge in [0.05, 0.1) is 24.4 Å². The molecule has 0 spiro atoms. The maximum Gasteiger partial charge on any atom is 0.106 e. The topological polar surface area (TPSA) is 101 Å². The molecule has 0 heterocycles. The maximum atomic E-state index is 11.3. The first-order chi connectivity index (χ1) is 12.2. The fourth-order valence-electron chi connectivity index (χ4n) is 8.10. The van der Waals surface area contributed by atoms with E-state index in [9.17, 15) is 25.5 Å². The highest BCUT2D eigenvalue weighted by Gasteiger charge is 2.68. The SMILES string of the molecule is C[C@]12CC[C@H](O)C[C@H]1CC[C@@H]1[C@@H]2[C@H](O)C[C@@]2(C)[C@H]1CC[C@]2(O)[C@H](O)CO. The molecular formula is C21H36O5. The molecule has 0 aliphatic heterocycles. The minimum Gasteiger partial charge on any atom is -0.394 e. The lowest BCUT2D eigenvalue weighted by Gasteiger charge is -2.63. The van der Waals surface area contributed by atoms with Crippen LogP contribution in [0, 0.1) is 34.5 Å². The zero-order valence-corrected chi connectivity index (χ0v) is 16.1. The molecule has 5 nitrogen and oxygen atoms in total. The van der Waals surface area contributed by atoms with Gasteiger partial charge < -0.3 is 25.5 Å². The highest BCUT2D eigenvalue weighted by atomic mass is 16.4. The van der Waals surface area contributed by atoms with Crippen molar-refractivity contribution in [2.45, 2.75) is 89.1 Å².